The van der Waals surface area contributed by atoms with Crippen LogP contribution in [0.5, 0.6) is 0 Å². The number of hydrogen-bond donors (Lipinski definition) is 1. The molecule has 1 aliphatic rings. The molecule has 0 saturated carbocycles. The van der Waals surface area contributed by atoms with Crippen LogP contribution in [-0.2, 0) is 9.53 Å². The van der Waals surface area contributed by atoms with Gasteiger partial charge in [0.25, 0.3) is 0 Å². The molecule has 2 rings (SSSR count). The first-order chi connectivity index (χ1) is 9.33. The Morgan fingerprint density at radius 3 is 3.21 bits per heavy atom. The molecule has 106 valence electrons. The molecule has 0 bridgehead atoms. The van der Waals surface area contributed by atoms with E-state index in [1.165, 1.54) is 6.33 Å². The standard InChI is InChI=1S/C13H22N4O2/c1-2-3-8-19-9-12(18)17-7-5-4-6-11(17)13-14-10-15-16-13/h10-11H,2-9H2,1H3,(H,14,15,16)/t11-/m1/s1. The molecule has 19 heavy (non-hydrogen) atoms. The zero-order valence-corrected chi connectivity index (χ0v) is 11.5. The third-order valence-electron chi connectivity index (χ3n) is 3.44. The smallest absolute Gasteiger partial charge is 0.249 e. The fraction of sp³-hybridized carbons (Fsp3) is 0.769. The Morgan fingerprint density at radius 1 is 1.58 bits per heavy atom. The van der Waals surface area contributed by atoms with Crippen molar-refractivity contribution in [2.75, 3.05) is 19.8 Å². The van der Waals surface area contributed by atoms with E-state index in [2.05, 4.69) is 22.1 Å². The summed E-state index contributed by atoms with van der Waals surface area (Å²) in [4.78, 5) is 18.3. The second-order valence-corrected chi connectivity index (χ2v) is 4.88. The summed E-state index contributed by atoms with van der Waals surface area (Å²) in [6, 6.07) is 0.0264. The number of aromatic nitrogens is 3. The summed E-state index contributed by atoms with van der Waals surface area (Å²) < 4.78 is 5.42. The van der Waals surface area contributed by atoms with Gasteiger partial charge in [-0.1, -0.05) is 13.3 Å². The topological polar surface area (TPSA) is 71.1 Å². The van der Waals surface area contributed by atoms with Crippen molar-refractivity contribution in [2.24, 2.45) is 0 Å². The SMILES string of the molecule is CCCCOCC(=O)N1CCCC[C@@H]1c1ncn[nH]1. The van der Waals surface area contributed by atoms with Gasteiger partial charge in [-0.3, -0.25) is 9.89 Å². The third kappa shape index (κ3) is 3.76. The van der Waals surface area contributed by atoms with Crippen molar-refractivity contribution in [2.45, 2.75) is 45.1 Å². The monoisotopic (exact) mass is 266 g/mol. The molecule has 0 aromatic carbocycles. The van der Waals surface area contributed by atoms with Gasteiger partial charge in [0.1, 0.15) is 18.8 Å². The second-order valence-electron chi connectivity index (χ2n) is 4.88. The molecule has 1 atom stereocenters. The molecule has 6 heteroatoms. The molecule has 1 N–H and O–H groups in total. The number of nitrogens with zero attached hydrogens (tertiary/aromatic N) is 3. The maximum absolute atomic E-state index is 12.2. The Kier molecular flexibility index (Phi) is 5.32. The van der Waals surface area contributed by atoms with E-state index in [-0.39, 0.29) is 18.6 Å². The number of hydrogen-bond acceptors (Lipinski definition) is 4. The van der Waals surface area contributed by atoms with Gasteiger partial charge in [0, 0.05) is 13.2 Å². The molecule has 0 unspecified atom stereocenters. The van der Waals surface area contributed by atoms with Gasteiger partial charge in [-0.15, -0.1) is 0 Å². The first-order valence-corrected chi connectivity index (χ1v) is 7.05. The number of piperidine rings is 1. The summed E-state index contributed by atoms with van der Waals surface area (Å²) in [5.74, 6) is 0.832. The summed E-state index contributed by atoms with van der Waals surface area (Å²) in [6.07, 6.45) is 6.68. The van der Waals surface area contributed by atoms with Crippen molar-refractivity contribution in [3.8, 4) is 0 Å². The summed E-state index contributed by atoms with van der Waals surface area (Å²) in [6.45, 7) is 3.71. The second kappa shape index (κ2) is 7.23. The molecule has 0 spiro atoms. The number of H-pyrrole nitrogens is 1. The van der Waals surface area contributed by atoms with Gasteiger partial charge in [0.05, 0.1) is 6.04 Å². The Balaban J connectivity index is 1.90. The van der Waals surface area contributed by atoms with Crippen LogP contribution in [0.3, 0.4) is 0 Å². The molecule has 0 radical (unpaired) electrons. The summed E-state index contributed by atoms with van der Waals surface area (Å²) in [5.41, 5.74) is 0. The lowest BCUT2D eigenvalue weighted by molar-refractivity contribution is -0.140. The first kappa shape index (κ1) is 14.0. The van der Waals surface area contributed by atoms with Crippen molar-refractivity contribution in [1.82, 2.24) is 20.1 Å². The Bertz CT molecular complexity index is 380. The van der Waals surface area contributed by atoms with Crippen molar-refractivity contribution in [3.05, 3.63) is 12.2 Å². The number of aromatic amines is 1. The van der Waals surface area contributed by atoms with Crippen molar-refractivity contribution in [1.29, 1.82) is 0 Å². The number of ether oxygens (including phenoxy) is 1. The molecule has 1 aliphatic heterocycles. The Labute approximate surface area is 113 Å². The van der Waals surface area contributed by atoms with Crippen molar-refractivity contribution in [3.63, 3.8) is 0 Å². The lowest BCUT2D eigenvalue weighted by Crippen LogP contribution is -2.41. The number of amides is 1. The number of nitrogens with one attached hydrogen (secondary N) is 1. The molecule has 0 aliphatic carbocycles. The lowest BCUT2D eigenvalue weighted by Gasteiger charge is -2.34. The molecule has 1 saturated heterocycles. The van der Waals surface area contributed by atoms with Gasteiger partial charge >= 0.3 is 0 Å². The highest BCUT2D eigenvalue weighted by molar-refractivity contribution is 5.78. The molecule has 1 aromatic heterocycles. The van der Waals surface area contributed by atoms with E-state index in [4.69, 9.17) is 4.74 Å². The average molecular weight is 266 g/mol. The normalized spacial score (nSPS) is 19.6. The molecule has 1 aromatic rings. The summed E-state index contributed by atoms with van der Waals surface area (Å²) in [7, 11) is 0. The van der Waals surface area contributed by atoms with Crippen LogP contribution in [0.1, 0.15) is 50.9 Å². The fourth-order valence-corrected chi connectivity index (χ4v) is 2.38. The van der Waals surface area contributed by atoms with E-state index in [0.717, 1.165) is 44.5 Å². The van der Waals surface area contributed by atoms with Crippen LogP contribution in [0.15, 0.2) is 6.33 Å². The third-order valence-corrected chi connectivity index (χ3v) is 3.44. The largest absolute Gasteiger partial charge is 0.372 e. The van der Waals surface area contributed by atoms with Crippen LogP contribution in [0, 0.1) is 0 Å². The van der Waals surface area contributed by atoms with Crippen LogP contribution < -0.4 is 0 Å². The Hall–Kier alpha value is -1.43. The first-order valence-electron chi connectivity index (χ1n) is 7.05. The molecule has 1 amide bonds. The van der Waals surface area contributed by atoms with Gasteiger partial charge in [-0.05, 0) is 25.7 Å². The van der Waals surface area contributed by atoms with E-state index in [1.54, 1.807) is 0 Å². The van der Waals surface area contributed by atoms with E-state index in [0.29, 0.717) is 6.61 Å². The molecule has 2 heterocycles. The minimum Gasteiger partial charge on any atom is -0.372 e. The zero-order chi connectivity index (χ0) is 13.5. The maximum Gasteiger partial charge on any atom is 0.249 e. The minimum absolute atomic E-state index is 0.0264. The van der Waals surface area contributed by atoms with Crippen LogP contribution in [0.25, 0.3) is 0 Å². The predicted octanol–water partition coefficient (Wildman–Crippen LogP) is 1.67. The number of rotatable bonds is 6. The lowest BCUT2D eigenvalue weighted by atomic mass is 10.0. The molecule has 1 fully saturated rings. The highest BCUT2D eigenvalue weighted by atomic mass is 16.5. The van der Waals surface area contributed by atoms with E-state index in [9.17, 15) is 4.79 Å². The maximum atomic E-state index is 12.2. The summed E-state index contributed by atoms with van der Waals surface area (Å²) in [5, 5.41) is 6.74. The minimum atomic E-state index is 0.0264. The average Bonchev–Trinajstić information content (AvgIpc) is 2.97. The van der Waals surface area contributed by atoms with Crippen LogP contribution in [-0.4, -0.2) is 45.7 Å². The number of likely N-dealkylation sites (tertiary alicyclic amines) is 1. The van der Waals surface area contributed by atoms with Gasteiger partial charge in [-0.2, -0.15) is 5.10 Å². The predicted molar refractivity (Wildman–Crippen MR) is 70.4 cm³/mol. The van der Waals surface area contributed by atoms with E-state index < -0.39 is 0 Å². The van der Waals surface area contributed by atoms with E-state index in [1.807, 2.05) is 4.90 Å². The number of unbranched alkanes of at least 4 members (excludes halogenated alkanes) is 1. The molecular weight excluding hydrogens is 244 g/mol. The Morgan fingerprint density at radius 2 is 2.47 bits per heavy atom. The number of carbonyl (C=O) groups excluding carboxylic acids is 1. The van der Waals surface area contributed by atoms with Crippen LogP contribution >= 0.6 is 0 Å². The fourth-order valence-electron chi connectivity index (χ4n) is 2.38. The van der Waals surface area contributed by atoms with Gasteiger partial charge in [0.15, 0.2) is 0 Å². The summed E-state index contributed by atoms with van der Waals surface area (Å²) >= 11 is 0. The molecule has 6 nitrogen and oxygen atoms in total. The highest BCUT2D eigenvalue weighted by Crippen LogP contribution is 2.28. The zero-order valence-electron chi connectivity index (χ0n) is 11.5. The molecular formula is C13H22N4O2. The van der Waals surface area contributed by atoms with Crippen molar-refractivity contribution < 1.29 is 9.53 Å². The number of carbonyl (C=O) groups is 1. The van der Waals surface area contributed by atoms with Crippen LogP contribution in [0.2, 0.25) is 0 Å². The highest BCUT2D eigenvalue weighted by Gasteiger charge is 2.29. The quantitative estimate of drug-likeness (QED) is 0.795. The van der Waals surface area contributed by atoms with Gasteiger partial charge in [-0.25, -0.2) is 4.98 Å². The van der Waals surface area contributed by atoms with Gasteiger partial charge in [0.2, 0.25) is 5.91 Å². The van der Waals surface area contributed by atoms with E-state index >= 15 is 0 Å². The van der Waals surface area contributed by atoms with Crippen LogP contribution in [0.4, 0.5) is 0 Å². The van der Waals surface area contributed by atoms with Gasteiger partial charge < -0.3 is 9.64 Å². The van der Waals surface area contributed by atoms with Crippen molar-refractivity contribution >= 4 is 5.91 Å².